The number of halogens is 14. The van der Waals surface area contributed by atoms with Gasteiger partial charge in [-0.1, -0.05) is 0 Å². The van der Waals surface area contributed by atoms with Crippen molar-refractivity contribution in [2.75, 3.05) is 13.2 Å². The molecule has 0 radical (unpaired) electrons. The normalized spacial score (nSPS) is 15.5. The van der Waals surface area contributed by atoms with Crippen molar-refractivity contribution in [3.8, 4) is 0 Å². The first-order chi connectivity index (χ1) is 13.5. The Morgan fingerprint density at radius 3 is 0.968 bits per heavy atom. The minimum atomic E-state index is -6.92. The fourth-order valence-electron chi connectivity index (χ4n) is 2.20. The molecule has 2 nitrogen and oxygen atoms in total. The van der Waals surface area contributed by atoms with Crippen molar-refractivity contribution in [3.05, 3.63) is 0 Å². The van der Waals surface area contributed by atoms with Gasteiger partial charge in [0.05, 0.1) is 0 Å². The van der Waals surface area contributed by atoms with Gasteiger partial charge in [-0.25, -0.2) is 0 Å². The third kappa shape index (κ3) is 6.86. The second kappa shape index (κ2) is 9.93. The Morgan fingerprint density at radius 2 is 0.774 bits per heavy atom. The van der Waals surface area contributed by atoms with Gasteiger partial charge in [-0.2, -0.15) is 0 Å². The molecule has 0 aliphatic heterocycles. The summed E-state index contributed by atoms with van der Waals surface area (Å²) in [5.74, 6) is -26.0. The van der Waals surface area contributed by atoms with Gasteiger partial charge < -0.3 is 0 Å². The molecule has 17 heteroatoms. The summed E-state index contributed by atoms with van der Waals surface area (Å²) >= 11 is -6.92. The van der Waals surface area contributed by atoms with Crippen LogP contribution in [-0.4, -0.2) is 68.5 Å². The van der Waals surface area contributed by atoms with Crippen LogP contribution in [0.25, 0.3) is 0 Å². The topological polar surface area (TPSA) is 18.5 Å². The van der Waals surface area contributed by atoms with E-state index in [1.54, 1.807) is 0 Å². The van der Waals surface area contributed by atoms with Gasteiger partial charge in [0.25, 0.3) is 0 Å². The summed E-state index contributed by atoms with van der Waals surface area (Å²) in [5.41, 5.74) is 0. The molecule has 0 aromatic rings. The number of hydrogen-bond acceptors (Lipinski definition) is 2. The Balaban J connectivity index is 6.47. The zero-order valence-electron chi connectivity index (χ0n) is 15.9. The average Bonchev–Trinajstić information content (AvgIpc) is 2.55. The van der Waals surface area contributed by atoms with Crippen LogP contribution in [0.3, 0.4) is 0 Å². The molecule has 0 atom stereocenters. The summed E-state index contributed by atoms with van der Waals surface area (Å²) in [6, 6.07) is 0. The second-order valence-electron chi connectivity index (χ2n) is 6.51. The third-order valence-electron chi connectivity index (χ3n) is 3.75. The molecule has 0 aliphatic carbocycles. The quantitative estimate of drug-likeness (QED) is 0.178. The zero-order chi connectivity index (χ0) is 25.2. The van der Waals surface area contributed by atoms with Crippen LogP contribution in [0.2, 0.25) is 8.87 Å². The Bertz CT molecular complexity index is 522. The van der Waals surface area contributed by atoms with Gasteiger partial charge in [-0.15, -0.1) is 0 Å². The molecular weight excluding hydrogens is 585 g/mol. The summed E-state index contributed by atoms with van der Waals surface area (Å²) < 4.78 is 187. The molecule has 0 amide bonds. The fraction of sp³-hybridized carbons (Fsp3) is 1.00. The predicted octanol–water partition coefficient (Wildman–Crippen LogP) is 6.95. The molecule has 0 fully saturated rings. The molecule has 188 valence electrons. The van der Waals surface area contributed by atoms with Crippen LogP contribution >= 0.6 is 0 Å². The fourth-order valence-corrected chi connectivity index (χ4v) is 12.4. The molecule has 0 heterocycles. The minimum absolute atomic E-state index is 0.253. The number of rotatable bonds is 12. The number of alkyl halides is 14. The van der Waals surface area contributed by atoms with Crippen LogP contribution in [0.5, 0.6) is 0 Å². The molecular formula is C14H18F14O2Sn. The second-order valence-corrected chi connectivity index (χ2v) is 15.4. The Morgan fingerprint density at radius 1 is 0.516 bits per heavy atom. The maximum atomic E-state index is 13.9. The maximum absolute atomic E-state index is 13.9. The van der Waals surface area contributed by atoms with Crippen LogP contribution in [-0.2, 0) is 6.15 Å². The SMILES string of the molecule is CCC[O][Sn]([CH2]C(F)(F)C(F)(F)C(F)(F)F)([CH2]C(F)(F)C(F)(F)C(F)(F)F)[O]CCC. The van der Waals surface area contributed by atoms with Crippen molar-refractivity contribution in [2.45, 2.75) is 71.6 Å². The van der Waals surface area contributed by atoms with Gasteiger partial charge in [-0.3, -0.25) is 0 Å². The molecule has 0 saturated heterocycles. The van der Waals surface area contributed by atoms with Gasteiger partial charge >= 0.3 is 172 Å². The molecule has 0 N–H and O–H groups in total. The van der Waals surface area contributed by atoms with Crippen molar-refractivity contribution >= 4 is 19.2 Å². The zero-order valence-corrected chi connectivity index (χ0v) is 18.7. The van der Waals surface area contributed by atoms with Crippen molar-refractivity contribution in [1.29, 1.82) is 0 Å². The molecule has 0 saturated carbocycles. The molecule has 0 bridgehead atoms. The van der Waals surface area contributed by atoms with E-state index in [2.05, 4.69) is 6.15 Å². The van der Waals surface area contributed by atoms with Crippen LogP contribution in [0.15, 0.2) is 0 Å². The summed E-state index contributed by atoms with van der Waals surface area (Å²) in [4.78, 5) is 0. The third-order valence-corrected chi connectivity index (χ3v) is 13.5. The van der Waals surface area contributed by atoms with Gasteiger partial charge in [-0.05, 0) is 0 Å². The monoisotopic (exact) mass is 604 g/mol. The van der Waals surface area contributed by atoms with E-state index in [-0.39, 0.29) is 12.8 Å². The van der Waals surface area contributed by atoms with E-state index in [0.717, 1.165) is 0 Å². The van der Waals surface area contributed by atoms with Gasteiger partial charge in [0, 0.05) is 0 Å². The van der Waals surface area contributed by atoms with E-state index < -0.39 is 77.3 Å². The summed E-state index contributed by atoms with van der Waals surface area (Å²) in [6.45, 7) is 0.616. The average molecular weight is 603 g/mol. The van der Waals surface area contributed by atoms with E-state index >= 15 is 0 Å². The predicted molar refractivity (Wildman–Crippen MR) is 79.8 cm³/mol. The van der Waals surface area contributed by atoms with Crippen LogP contribution in [0.1, 0.15) is 26.7 Å². The first kappa shape index (κ1) is 30.7. The molecule has 0 spiro atoms. The van der Waals surface area contributed by atoms with Gasteiger partial charge in [0.2, 0.25) is 0 Å². The van der Waals surface area contributed by atoms with E-state index in [0.29, 0.717) is 0 Å². The molecule has 0 unspecified atom stereocenters. The van der Waals surface area contributed by atoms with E-state index in [1.807, 2.05) is 0 Å². The van der Waals surface area contributed by atoms with Gasteiger partial charge in [0.15, 0.2) is 0 Å². The van der Waals surface area contributed by atoms with Gasteiger partial charge in [0.1, 0.15) is 0 Å². The Kier molecular flexibility index (Phi) is 9.84. The standard InChI is InChI=1S/2C4H2F7.2C3H7O.Sn/c2*1-2(5,6)3(7,8)4(9,10)11;2*1-2-3-4;/h2*1H2;2*2-3H2,1H3;/q;;2*-1;+2. The molecule has 0 rings (SSSR count). The van der Waals surface area contributed by atoms with Crippen LogP contribution in [0.4, 0.5) is 61.5 Å². The van der Waals surface area contributed by atoms with Crippen LogP contribution in [0, 0.1) is 0 Å². The molecule has 0 aromatic heterocycles. The van der Waals surface area contributed by atoms with Crippen molar-refractivity contribution in [3.63, 3.8) is 0 Å². The van der Waals surface area contributed by atoms with Crippen LogP contribution < -0.4 is 0 Å². The molecule has 0 aromatic carbocycles. The summed E-state index contributed by atoms with van der Waals surface area (Å²) in [7, 11) is 0. The van der Waals surface area contributed by atoms with Crippen molar-refractivity contribution in [1.82, 2.24) is 0 Å². The number of hydrogen-bond donors (Lipinski definition) is 0. The first-order valence-corrected chi connectivity index (χ1v) is 14.8. The van der Waals surface area contributed by atoms with Crippen molar-refractivity contribution < 1.29 is 67.6 Å². The van der Waals surface area contributed by atoms with Crippen molar-refractivity contribution in [2.24, 2.45) is 0 Å². The molecule has 0 aliphatic rings. The van der Waals surface area contributed by atoms with E-state index in [4.69, 9.17) is 0 Å². The first-order valence-electron chi connectivity index (χ1n) is 8.46. The summed E-state index contributed by atoms with van der Waals surface area (Å²) in [5, 5.41) is 0. The Hall–Kier alpha value is -0.261. The molecule has 31 heavy (non-hydrogen) atoms. The van der Waals surface area contributed by atoms with E-state index in [9.17, 15) is 61.5 Å². The Labute approximate surface area is 172 Å². The van der Waals surface area contributed by atoms with E-state index in [1.165, 1.54) is 13.8 Å². The summed E-state index contributed by atoms with van der Waals surface area (Å²) in [6.07, 6.45) is -14.3.